The summed E-state index contributed by atoms with van der Waals surface area (Å²) in [6.07, 6.45) is 2.25. The molecule has 0 atom stereocenters. The smallest absolute Gasteiger partial charge is 0.184 e. The summed E-state index contributed by atoms with van der Waals surface area (Å²) in [6.45, 7) is 0. The molecule has 1 rings (SSSR count). The number of nitrogens with two attached hydrogens (primary N) is 1. The third-order valence-electron chi connectivity index (χ3n) is 1.50. The molecule has 0 unspecified atom stereocenters. The van der Waals surface area contributed by atoms with Crippen molar-refractivity contribution in [3.63, 3.8) is 0 Å². The first-order valence-electron chi connectivity index (χ1n) is 4.03. The van der Waals surface area contributed by atoms with Crippen LogP contribution in [0.5, 0.6) is 5.75 Å². The van der Waals surface area contributed by atoms with E-state index in [1.54, 1.807) is 24.4 Å². The molecule has 4 N–H and O–H groups in total. The number of rotatable bonds is 3. The Bertz CT molecular complexity index is 352. The number of aromatic hydroxyl groups is 1. The molecule has 5 heteroatoms. The van der Waals surface area contributed by atoms with E-state index in [2.05, 4.69) is 22.7 Å². The SMILES string of the molecule is NC(=S)NN=CCc1cccc(O)c1. The van der Waals surface area contributed by atoms with Crippen LogP contribution in [0.2, 0.25) is 0 Å². The topological polar surface area (TPSA) is 70.6 Å². The van der Waals surface area contributed by atoms with Crippen molar-refractivity contribution in [2.45, 2.75) is 6.42 Å². The van der Waals surface area contributed by atoms with E-state index in [1.807, 2.05) is 6.07 Å². The number of hydrogen-bond donors (Lipinski definition) is 3. The Kier molecular flexibility index (Phi) is 3.87. The second-order valence-corrected chi connectivity index (χ2v) is 3.10. The van der Waals surface area contributed by atoms with Gasteiger partial charge in [-0.25, -0.2) is 0 Å². The van der Waals surface area contributed by atoms with Crippen molar-refractivity contribution in [1.82, 2.24) is 5.43 Å². The van der Waals surface area contributed by atoms with Gasteiger partial charge in [-0.3, -0.25) is 5.43 Å². The zero-order valence-corrected chi connectivity index (χ0v) is 8.29. The fraction of sp³-hybridized carbons (Fsp3) is 0.111. The Morgan fingerprint density at radius 3 is 3.07 bits per heavy atom. The number of phenolic OH excluding ortho intramolecular Hbond substituents is 1. The number of thiocarbonyl (C=S) groups is 1. The molecule has 0 heterocycles. The van der Waals surface area contributed by atoms with Crippen LogP contribution >= 0.6 is 12.2 Å². The van der Waals surface area contributed by atoms with Gasteiger partial charge in [0.15, 0.2) is 5.11 Å². The molecule has 0 amide bonds. The summed E-state index contributed by atoms with van der Waals surface area (Å²) in [5, 5.41) is 13.1. The van der Waals surface area contributed by atoms with Gasteiger partial charge in [0.2, 0.25) is 0 Å². The summed E-state index contributed by atoms with van der Waals surface area (Å²) in [5.41, 5.74) is 8.58. The van der Waals surface area contributed by atoms with Gasteiger partial charge in [0, 0.05) is 12.6 Å². The standard InChI is InChI=1S/C9H11N3OS/c10-9(14)12-11-5-4-7-2-1-3-8(13)6-7/h1-3,5-6,13H,4H2,(H3,10,12,14). The molecule has 74 valence electrons. The third kappa shape index (κ3) is 3.86. The third-order valence-corrected chi connectivity index (χ3v) is 1.59. The Labute approximate surface area is 87.4 Å². The minimum Gasteiger partial charge on any atom is -0.508 e. The largest absolute Gasteiger partial charge is 0.508 e. The Morgan fingerprint density at radius 2 is 2.43 bits per heavy atom. The van der Waals surface area contributed by atoms with E-state index in [-0.39, 0.29) is 10.9 Å². The number of nitrogens with one attached hydrogen (secondary N) is 1. The van der Waals surface area contributed by atoms with Crippen LogP contribution in [-0.4, -0.2) is 16.4 Å². The summed E-state index contributed by atoms with van der Waals surface area (Å²) >= 11 is 4.56. The van der Waals surface area contributed by atoms with E-state index in [9.17, 15) is 0 Å². The number of nitrogens with zero attached hydrogens (tertiary/aromatic N) is 1. The van der Waals surface area contributed by atoms with E-state index in [0.29, 0.717) is 6.42 Å². The summed E-state index contributed by atoms with van der Waals surface area (Å²) < 4.78 is 0. The van der Waals surface area contributed by atoms with E-state index in [0.717, 1.165) is 5.56 Å². The molecule has 0 fully saturated rings. The molecule has 0 aliphatic heterocycles. The molecule has 0 saturated carbocycles. The summed E-state index contributed by atoms with van der Waals surface area (Å²) in [4.78, 5) is 0. The predicted molar refractivity (Wildman–Crippen MR) is 60.2 cm³/mol. The van der Waals surface area contributed by atoms with Crippen LogP contribution in [0, 0.1) is 0 Å². The van der Waals surface area contributed by atoms with Gasteiger partial charge in [-0.2, -0.15) is 5.10 Å². The van der Waals surface area contributed by atoms with E-state index in [4.69, 9.17) is 10.8 Å². The fourth-order valence-corrected chi connectivity index (χ4v) is 0.996. The molecular weight excluding hydrogens is 198 g/mol. The van der Waals surface area contributed by atoms with Crippen molar-refractivity contribution >= 4 is 23.5 Å². The van der Waals surface area contributed by atoms with Crippen LogP contribution in [-0.2, 0) is 6.42 Å². The molecule has 0 aliphatic carbocycles. The lowest BCUT2D eigenvalue weighted by molar-refractivity contribution is 0.475. The highest BCUT2D eigenvalue weighted by Crippen LogP contribution is 2.10. The maximum Gasteiger partial charge on any atom is 0.184 e. The van der Waals surface area contributed by atoms with Crippen LogP contribution < -0.4 is 11.2 Å². The first-order valence-corrected chi connectivity index (χ1v) is 4.44. The van der Waals surface area contributed by atoms with Crippen molar-refractivity contribution in [1.29, 1.82) is 0 Å². The second kappa shape index (κ2) is 5.18. The van der Waals surface area contributed by atoms with Gasteiger partial charge in [0.25, 0.3) is 0 Å². The van der Waals surface area contributed by atoms with Gasteiger partial charge in [-0.15, -0.1) is 0 Å². The summed E-state index contributed by atoms with van der Waals surface area (Å²) in [7, 11) is 0. The van der Waals surface area contributed by atoms with Crippen molar-refractivity contribution in [3.05, 3.63) is 29.8 Å². The van der Waals surface area contributed by atoms with Crippen LogP contribution in [0.25, 0.3) is 0 Å². The molecule has 1 aromatic carbocycles. The molecule has 0 aliphatic rings. The van der Waals surface area contributed by atoms with Crippen LogP contribution in [0.4, 0.5) is 0 Å². The van der Waals surface area contributed by atoms with Crippen LogP contribution in [0.3, 0.4) is 0 Å². The van der Waals surface area contributed by atoms with Crippen molar-refractivity contribution in [2.24, 2.45) is 10.8 Å². The monoisotopic (exact) mass is 209 g/mol. The quantitative estimate of drug-likeness (QED) is 0.390. The lowest BCUT2D eigenvalue weighted by atomic mass is 10.1. The Hall–Kier alpha value is -1.62. The van der Waals surface area contributed by atoms with Gasteiger partial charge < -0.3 is 10.8 Å². The highest BCUT2D eigenvalue weighted by atomic mass is 32.1. The highest BCUT2D eigenvalue weighted by molar-refractivity contribution is 7.80. The van der Waals surface area contributed by atoms with Gasteiger partial charge in [0.1, 0.15) is 5.75 Å². The van der Waals surface area contributed by atoms with Gasteiger partial charge in [-0.05, 0) is 29.9 Å². The Morgan fingerprint density at radius 1 is 1.64 bits per heavy atom. The fourth-order valence-electron chi connectivity index (χ4n) is 0.944. The average Bonchev–Trinajstić information content (AvgIpc) is 2.12. The number of hydrazone groups is 1. The summed E-state index contributed by atoms with van der Waals surface area (Å²) in [6, 6.07) is 6.96. The van der Waals surface area contributed by atoms with Crippen LogP contribution in [0.1, 0.15) is 5.56 Å². The first kappa shape index (κ1) is 10.5. The number of benzene rings is 1. The van der Waals surface area contributed by atoms with E-state index in [1.165, 1.54) is 0 Å². The zero-order chi connectivity index (χ0) is 10.4. The molecule has 0 bridgehead atoms. The normalized spacial score (nSPS) is 10.3. The molecule has 14 heavy (non-hydrogen) atoms. The molecular formula is C9H11N3OS. The van der Waals surface area contributed by atoms with E-state index >= 15 is 0 Å². The predicted octanol–water partition coefficient (Wildman–Crippen LogP) is 0.754. The number of hydrogen-bond acceptors (Lipinski definition) is 3. The maximum atomic E-state index is 9.16. The first-order chi connectivity index (χ1) is 6.68. The number of phenols is 1. The van der Waals surface area contributed by atoms with Crippen molar-refractivity contribution in [2.75, 3.05) is 0 Å². The van der Waals surface area contributed by atoms with Gasteiger partial charge >= 0.3 is 0 Å². The Balaban J connectivity index is 2.45. The molecule has 4 nitrogen and oxygen atoms in total. The molecule has 0 aromatic heterocycles. The molecule has 0 radical (unpaired) electrons. The van der Waals surface area contributed by atoms with Crippen molar-refractivity contribution < 1.29 is 5.11 Å². The second-order valence-electron chi connectivity index (χ2n) is 2.66. The minimum absolute atomic E-state index is 0.136. The van der Waals surface area contributed by atoms with Gasteiger partial charge in [-0.1, -0.05) is 12.1 Å². The average molecular weight is 209 g/mol. The van der Waals surface area contributed by atoms with Crippen LogP contribution in [0.15, 0.2) is 29.4 Å². The highest BCUT2D eigenvalue weighted by Gasteiger charge is 1.91. The maximum absolute atomic E-state index is 9.16. The molecule has 1 aromatic rings. The lowest BCUT2D eigenvalue weighted by Crippen LogP contribution is -2.24. The zero-order valence-electron chi connectivity index (χ0n) is 7.47. The van der Waals surface area contributed by atoms with E-state index < -0.39 is 0 Å². The van der Waals surface area contributed by atoms with Gasteiger partial charge in [0.05, 0.1) is 0 Å². The van der Waals surface area contributed by atoms with Crippen molar-refractivity contribution in [3.8, 4) is 5.75 Å². The minimum atomic E-state index is 0.136. The molecule has 0 saturated heterocycles. The lowest BCUT2D eigenvalue weighted by Gasteiger charge is -1.97. The summed E-state index contributed by atoms with van der Waals surface area (Å²) in [5.74, 6) is 0.248. The molecule has 0 spiro atoms.